The minimum Gasteiger partial charge on any atom is -0.511 e. The van der Waals surface area contributed by atoms with E-state index in [1.54, 1.807) is 24.3 Å². The quantitative estimate of drug-likeness (QED) is 0.375. The van der Waals surface area contributed by atoms with Gasteiger partial charge in [-0.3, -0.25) is 9.59 Å². The molecule has 0 saturated heterocycles. The molecule has 112 valence electrons. The summed E-state index contributed by atoms with van der Waals surface area (Å²) in [6.07, 6.45) is 0. The number of halogens is 1. The fourth-order valence-corrected chi connectivity index (χ4v) is 2.27. The molecule has 2 aromatic rings. The molecule has 1 aromatic heterocycles. The van der Waals surface area contributed by atoms with Crippen LogP contribution in [0.3, 0.4) is 0 Å². The number of carbonyl (C=O) groups excluding carboxylic acids is 2. The Morgan fingerprint density at radius 3 is 2.59 bits per heavy atom. The SMILES string of the molecule is CC(=O)c1oc2ccc(Br)cc2c1NC(=O)/C(C#N)=C(/C)O. The zero-order chi connectivity index (χ0) is 16.4. The zero-order valence-electron chi connectivity index (χ0n) is 11.7. The van der Waals surface area contributed by atoms with Crippen LogP contribution in [0.1, 0.15) is 24.4 Å². The highest BCUT2D eigenvalue weighted by Gasteiger charge is 2.22. The smallest absolute Gasteiger partial charge is 0.269 e. The van der Waals surface area contributed by atoms with Crippen LogP contribution in [0.5, 0.6) is 0 Å². The standard InChI is InChI=1S/C15H11BrN2O4/c1-7(19)11(6-17)15(21)18-13-10-5-9(16)3-4-12(10)22-14(13)8(2)20/h3-5,19H,1-2H3,(H,18,21)/b11-7-. The van der Waals surface area contributed by atoms with Crippen LogP contribution in [0.2, 0.25) is 0 Å². The Kier molecular flexibility index (Phi) is 4.33. The van der Waals surface area contributed by atoms with Crippen molar-refractivity contribution >= 4 is 44.3 Å². The molecule has 0 saturated carbocycles. The molecule has 0 atom stereocenters. The van der Waals surface area contributed by atoms with Crippen LogP contribution >= 0.6 is 15.9 Å². The van der Waals surface area contributed by atoms with Crippen LogP contribution in [0.15, 0.2) is 38.4 Å². The highest BCUT2D eigenvalue weighted by atomic mass is 79.9. The number of fused-ring (bicyclic) bond motifs is 1. The van der Waals surface area contributed by atoms with E-state index in [9.17, 15) is 14.7 Å². The van der Waals surface area contributed by atoms with Gasteiger partial charge >= 0.3 is 0 Å². The molecule has 1 aromatic carbocycles. The van der Waals surface area contributed by atoms with Gasteiger partial charge in [-0.15, -0.1) is 0 Å². The van der Waals surface area contributed by atoms with E-state index in [2.05, 4.69) is 21.2 Å². The van der Waals surface area contributed by atoms with Gasteiger partial charge in [0.05, 0.1) is 5.69 Å². The first-order valence-corrected chi connectivity index (χ1v) is 6.98. The number of anilines is 1. The van der Waals surface area contributed by atoms with Gasteiger partial charge in [-0.05, 0) is 25.1 Å². The third-order valence-corrected chi connectivity index (χ3v) is 3.40. The third kappa shape index (κ3) is 2.87. The Balaban J connectivity index is 2.59. The Morgan fingerprint density at radius 1 is 1.36 bits per heavy atom. The molecule has 1 amide bonds. The maximum absolute atomic E-state index is 12.1. The molecule has 0 fully saturated rings. The number of hydrogen-bond donors (Lipinski definition) is 2. The van der Waals surface area contributed by atoms with E-state index < -0.39 is 17.2 Å². The maximum Gasteiger partial charge on any atom is 0.269 e. The van der Waals surface area contributed by atoms with E-state index >= 15 is 0 Å². The van der Waals surface area contributed by atoms with Gasteiger partial charge in [0.25, 0.3) is 5.91 Å². The third-order valence-electron chi connectivity index (χ3n) is 2.91. The van der Waals surface area contributed by atoms with Crippen LogP contribution in [0.25, 0.3) is 11.0 Å². The summed E-state index contributed by atoms with van der Waals surface area (Å²) < 4.78 is 6.18. The van der Waals surface area contributed by atoms with Crippen LogP contribution in [0, 0.1) is 11.3 Å². The number of nitriles is 1. The number of carbonyl (C=O) groups is 2. The predicted molar refractivity (Wildman–Crippen MR) is 83.5 cm³/mol. The van der Waals surface area contributed by atoms with Crippen molar-refractivity contribution < 1.29 is 19.1 Å². The fourth-order valence-electron chi connectivity index (χ4n) is 1.91. The lowest BCUT2D eigenvalue weighted by atomic mass is 10.1. The average Bonchev–Trinajstić information content (AvgIpc) is 2.77. The van der Waals surface area contributed by atoms with Gasteiger partial charge in [0.2, 0.25) is 0 Å². The molecular weight excluding hydrogens is 352 g/mol. The molecule has 0 radical (unpaired) electrons. The van der Waals surface area contributed by atoms with Crippen molar-refractivity contribution in [3.05, 3.63) is 39.8 Å². The largest absolute Gasteiger partial charge is 0.511 e. The first kappa shape index (κ1) is 15.8. The van der Waals surface area contributed by atoms with Crippen LogP contribution in [-0.4, -0.2) is 16.8 Å². The van der Waals surface area contributed by atoms with Crippen LogP contribution in [0.4, 0.5) is 5.69 Å². The summed E-state index contributed by atoms with van der Waals surface area (Å²) in [4.78, 5) is 23.8. The van der Waals surface area contributed by atoms with E-state index in [0.717, 1.165) is 4.47 Å². The lowest BCUT2D eigenvalue weighted by molar-refractivity contribution is -0.112. The van der Waals surface area contributed by atoms with Crippen molar-refractivity contribution in [2.45, 2.75) is 13.8 Å². The van der Waals surface area contributed by atoms with E-state index in [4.69, 9.17) is 9.68 Å². The average molecular weight is 363 g/mol. The Morgan fingerprint density at radius 2 is 2.05 bits per heavy atom. The predicted octanol–water partition coefficient (Wildman–Crippen LogP) is 3.69. The topological polar surface area (TPSA) is 103 Å². The van der Waals surface area contributed by atoms with Crippen molar-refractivity contribution in [2.24, 2.45) is 0 Å². The van der Waals surface area contributed by atoms with Gasteiger partial charge in [0.1, 0.15) is 17.4 Å². The normalized spacial score (nSPS) is 11.7. The number of aliphatic hydroxyl groups excluding tert-OH is 1. The number of furan rings is 1. The molecule has 2 N–H and O–H groups in total. The summed E-state index contributed by atoms with van der Waals surface area (Å²) in [6.45, 7) is 2.54. The number of benzene rings is 1. The fraction of sp³-hybridized carbons (Fsp3) is 0.133. The number of nitrogens with zero attached hydrogens (tertiary/aromatic N) is 1. The zero-order valence-corrected chi connectivity index (χ0v) is 13.3. The minimum atomic E-state index is -0.812. The number of aliphatic hydroxyl groups is 1. The van der Waals surface area contributed by atoms with Gasteiger partial charge in [-0.25, -0.2) is 0 Å². The first-order chi connectivity index (χ1) is 10.3. The Bertz CT molecular complexity index is 854. The van der Waals surface area contributed by atoms with E-state index in [-0.39, 0.29) is 17.2 Å². The summed E-state index contributed by atoms with van der Waals surface area (Å²) in [5.74, 6) is -1.61. The first-order valence-electron chi connectivity index (χ1n) is 6.19. The highest BCUT2D eigenvalue weighted by molar-refractivity contribution is 9.10. The second-order valence-corrected chi connectivity index (χ2v) is 5.44. The molecule has 0 aliphatic rings. The number of Topliss-reactive ketones (excluding diaryl/α,β-unsaturated/α-hetero) is 1. The summed E-state index contributed by atoms with van der Waals surface area (Å²) in [5.41, 5.74) is 0.161. The number of nitrogens with one attached hydrogen (secondary N) is 1. The van der Waals surface area contributed by atoms with Crippen molar-refractivity contribution in [3.8, 4) is 6.07 Å². The van der Waals surface area contributed by atoms with Crippen molar-refractivity contribution in [1.82, 2.24) is 0 Å². The van der Waals surface area contributed by atoms with Crippen molar-refractivity contribution in [2.75, 3.05) is 5.32 Å². The van der Waals surface area contributed by atoms with Gasteiger partial charge in [0.15, 0.2) is 17.1 Å². The van der Waals surface area contributed by atoms with E-state index in [1.165, 1.54) is 13.8 Å². The molecule has 1 heterocycles. The molecule has 0 spiro atoms. The highest BCUT2D eigenvalue weighted by Crippen LogP contribution is 2.33. The maximum atomic E-state index is 12.1. The molecule has 0 aliphatic carbocycles. The lowest BCUT2D eigenvalue weighted by Crippen LogP contribution is -2.16. The number of allylic oxidation sites excluding steroid dienone is 1. The monoisotopic (exact) mass is 362 g/mol. The van der Waals surface area contributed by atoms with E-state index in [0.29, 0.717) is 11.0 Å². The Labute approximate surface area is 134 Å². The Hall–Kier alpha value is -2.59. The summed E-state index contributed by atoms with van der Waals surface area (Å²) in [5, 5.41) is 21.2. The minimum absolute atomic E-state index is 0.0191. The second kappa shape index (κ2) is 6.03. The van der Waals surface area contributed by atoms with Gasteiger partial charge < -0.3 is 14.8 Å². The van der Waals surface area contributed by atoms with Gasteiger partial charge in [-0.1, -0.05) is 15.9 Å². The van der Waals surface area contributed by atoms with E-state index in [1.807, 2.05) is 0 Å². The molecule has 0 aliphatic heterocycles. The molecule has 6 nitrogen and oxygen atoms in total. The number of ketones is 1. The molecular formula is C15H11BrN2O4. The number of hydrogen-bond acceptors (Lipinski definition) is 5. The van der Waals surface area contributed by atoms with Crippen molar-refractivity contribution in [3.63, 3.8) is 0 Å². The molecule has 0 unspecified atom stereocenters. The molecule has 0 bridgehead atoms. The van der Waals surface area contributed by atoms with Crippen LogP contribution in [-0.2, 0) is 4.79 Å². The molecule has 22 heavy (non-hydrogen) atoms. The number of rotatable bonds is 3. The molecule has 2 rings (SSSR count). The van der Waals surface area contributed by atoms with Gasteiger partial charge in [-0.2, -0.15) is 5.26 Å². The summed E-state index contributed by atoms with van der Waals surface area (Å²) in [6, 6.07) is 6.69. The second-order valence-electron chi connectivity index (χ2n) is 4.53. The molecule has 7 heteroatoms. The summed E-state index contributed by atoms with van der Waals surface area (Å²) in [7, 11) is 0. The summed E-state index contributed by atoms with van der Waals surface area (Å²) >= 11 is 3.30. The van der Waals surface area contributed by atoms with Crippen molar-refractivity contribution in [1.29, 1.82) is 5.26 Å². The lowest BCUT2D eigenvalue weighted by Gasteiger charge is -2.04. The van der Waals surface area contributed by atoms with Gasteiger partial charge in [0, 0.05) is 16.8 Å². The van der Waals surface area contributed by atoms with Crippen LogP contribution < -0.4 is 5.32 Å². The number of amides is 1.